The first-order valence-corrected chi connectivity index (χ1v) is 12.7. The van der Waals surface area contributed by atoms with Gasteiger partial charge in [-0.15, -0.1) is 0 Å². The third kappa shape index (κ3) is 5.24. The first-order valence-electron chi connectivity index (χ1n) is 6.77. The van der Waals surface area contributed by atoms with Gasteiger partial charge in [-0.1, -0.05) is 27.4 Å². The fraction of sp³-hybridized carbons (Fsp3) is 0.786. The van der Waals surface area contributed by atoms with Crippen LogP contribution in [0.4, 0.5) is 0 Å². The van der Waals surface area contributed by atoms with E-state index in [9.17, 15) is 4.79 Å². The van der Waals surface area contributed by atoms with Gasteiger partial charge in [0.05, 0.1) is 0 Å². The lowest BCUT2D eigenvalue weighted by Crippen LogP contribution is -2.55. The third-order valence-electron chi connectivity index (χ3n) is 3.94. The van der Waals surface area contributed by atoms with Crippen LogP contribution >= 0.6 is 0 Å². The van der Waals surface area contributed by atoms with E-state index in [0.29, 0.717) is 5.57 Å². The van der Waals surface area contributed by atoms with Crippen LogP contribution in [0.15, 0.2) is 12.2 Å². The highest BCUT2D eigenvalue weighted by atomic mass is 28.4. The lowest BCUT2D eigenvalue weighted by molar-refractivity contribution is -0.140. The van der Waals surface area contributed by atoms with E-state index in [1.807, 2.05) is 6.92 Å². The van der Waals surface area contributed by atoms with E-state index in [1.165, 1.54) is 0 Å². The molecule has 0 aliphatic rings. The Labute approximate surface area is 120 Å². The molecule has 0 saturated carbocycles. The van der Waals surface area contributed by atoms with Crippen LogP contribution < -0.4 is 0 Å². The fourth-order valence-electron chi connectivity index (χ4n) is 1.30. The Bertz CT molecular complexity index is 354. The molecule has 0 spiro atoms. The van der Waals surface area contributed by atoms with Crippen LogP contribution in [0.1, 0.15) is 34.6 Å². The van der Waals surface area contributed by atoms with Crippen LogP contribution in [0, 0.1) is 0 Å². The van der Waals surface area contributed by atoms with Gasteiger partial charge in [-0.3, -0.25) is 0 Å². The summed E-state index contributed by atoms with van der Waals surface area (Å²) in [5, 5.41) is 0.162. The van der Waals surface area contributed by atoms with Crippen LogP contribution in [0.25, 0.3) is 0 Å². The molecule has 0 aromatic carbocycles. The SMILES string of the molecule is C=C(C)C(=O)OC(C)[Si](C)(C)O[Si](C)(C)C(C)(C)C. The van der Waals surface area contributed by atoms with Crippen molar-refractivity contribution in [2.75, 3.05) is 0 Å². The van der Waals surface area contributed by atoms with Gasteiger partial charge in [0.1, 0.15) is 5.73 Å². The van der Waals surface area contributed by atoms with Crippen molar-refractivity contribution in [3.05, 3.63) is 12.2 Å². The van der Waals surface area contributed by atoms with E-state index in [-0.39, 0.29) is 16.7 Å². The van der Waals surface area contributed by atoms with Gasteiger partial charge < -0.3 is 8.85 Å². The van der Waals surface area contributed by atoms with Crippen LogP contribution in [0.5, 0.6) is 0 Å². The van der Waals surface area contributed by atoms with Gasteiger partial charge in [0.2, 0.25) is 8.32 Å². The van der Waals surface area contributed by atoms with Crippen molar-refractivity contribution < 1.29 is 13.6 Å². The summed E-state index contributed by atoms with van der Waals surface area (Å²) in [4.78, 5) is 11.6. The summed E-state index contributed by atoms with van der Waals surface area (Å²) in [6.45, 7) is 22.6. The molecule has 1 atom stereocenters. The molecule has 0 heterocycles. The molecule has 0 aliphatic carbocycles. The second-order valence-electron chi connectivity index (χ2n) is 7.29. The fourth-order valence-corrected chi connectivity index (χ4v) is 8.84. The molecular weight excluding hydrogens is 272 g/mol. The molecule has 0 N–H and O–H groups in total. The molecule has 0 saturated heterocycles. The largest absolute Gasteiger partial charge is 0.460 e. The summed E-state index contributed by atoms with van der Waals surface area (Å²) in [5.41, 5.74) is 0.259. The van der Waals surface area contributed by atoms with Crippen LogP contribution in [-0.2, 0) is 13.6 Å². The number of esters is 1. The topological polar surface area (TPSA) is 35.5 Å². The number of rotatable bonds is 5. The molecule has 19 heavy (non-hydrogen) atoms. The Hall–Kier alpha value is -0.396. The number of carbonyl (C=O) groups is 1. The maximum absolute atomic E-state index is 11.6. The summed E-state index contributed by atoms with van der Waals surface area (Å²) in [7, 11) is -3.92. The van der Waals surface area contributed by atoms with Crippen molar-refractivity contribution >= 4 is 22.6 Å². The summed E-state index contributed by atoms with van der Waals surface area (Å²) >= 11 is 0. The summed E-state index contributed by atoms with van der Waals surface area (Å²) < 4.78 is 12.0. The van der Waals surface area contributed by atoms with E-state index in [0.717, 1.165) is 0 Å². The maximum Gasteiger partial charge on any atom is 0.333 e. The van der Waals surface area contributed by atoms with Crippen molar-refractivity contribution in [3.63, 3.8) is 0 Å². The van der Waals surface area contributed by atoms with Gasteiger partial charge in [-0.25, -0.2) is 4.79 Å². The molecule has 0 aromatic heterocycles. The predicted molar refractivity (Wildman–Crippen MR) is 86.1 cm³/mol. The van der Waals surface area contributed by atoms with Gasteiger partial charge in [0.25, 0.3) is 0 Å². The van der Waals surface area contributed by atoms with Crippen molar-refractivity contribution in [1.29, 1.82) is 0 Å². The predicted octanol–water partition coefficient (Wildman–Crippen LogP) is 4.26. The molecule has 0 rings (SSSR count). The summed E-state index contributed by atoms with van der Waals surface area (Å²) in [6, 6.07) is 0. The zero-order chi connectivity index (χ0) is 15.6. The van der Waals surface area contributed by atoms with E-state index < -0.39 is 16.6 Å². The highest BCUT2D eigenvalue weighted by Gasteiger charge is 2.45. The zero-order valence-corrected chi connectivity index (χ0v) is 16.0. The van der Waals surface area contributed by atoms with Crippen LogP contribution in [-0.4, -0.2) is 28.3 Å². The number of hydrogen-bond donors (Lipinski definition) is 0. The van der Waals surface area contributed by atoms with Gasteiger partial charge in [0, 0.05) is 5.57 Å². The molecule has 0 bridgehead atoms. The quantitative estimate of drug-likeness (QED) is 0.432. The molecule has 112 valence electrons. The molecular formula is C14H30O3Si2. The van der Waals surface area contributed by atoms with E-state index in [2.05, 4.69) is 53.5 Å². The molecule has 0 aromatic rings. The minimum absolute atomic E-state index is 0.162. The molecule has 0 radical (unpaired) electrons. The van der Waals surface area contributed by atoms with Gasteiger partial charge in [-0.05, 0) is 45.1 Å². The highest BCUT2D eigenvalue weighted by Crippen LogP contribution is 2.39. The van der Waals surface area contributed by atoms with Gasteiger partial charge >= 0.3 is 5.97 Å². The Balaban J connectivity index is 4.89. The van der Waals surface area contributed by atoms with Crippen LogP contribution in [0.3, 0.4) is 0 Å². The molecule has 5 heteroatoms. The van der Waals surface area contributed by atoms with Gasteiger partial charge in [-0.2, -0.15) is 0 Å². The Morgan fingerprint density at radius 2 is 1.58 bits per heavy atom. The van der Waals surface area contributed by atoms with Crippen molar-refractivity contribution in [3.8, 4) is 0 Å². The second kappa shape index (κ2) is 5.93. The average Bonchev–Trinajstić information content (AvgIpc) is 2.13. The first kappa shape index (κ1) is 18.6. The van der Waals surface area contributed by atoms with E-state index in [4.69, 9.17) is 8.85 Å². The van der Waals surface area contributed by atoms with E-state index in [1.54, 1.807) is 6.92 Å². The summed E-state index contributed by atoms with van der Waals surface area (Å²) in [6.07, 6.45) is 0. The van der Waals surface area contributed by atoms with E-state index >= 15 is 0 Å². The normalized spacial score (nSPS) is 15.0. The first-order chi connectivity index (χ1) is 8.21. The number of ether oxygens (including phenoxy) is 1. The maximum atomic E-state index is 11.6. The summed E-state index contributed by atoms with van der Waals surface area (Å²) in [5.74, 6) is -0.327. The molecule has 0 amide bonds. The molecule has 0 fully saturated rings. The van der Waals surface area contributed by atoms with Crippen molar-refractivity contribution in [2.45, 2.75) is 71.6 Å². The minimum atomic E-state index is -2.08. The lowest BCUT2D eigenvalue weighted by Gasteiger charge is -2.43. The Morgan fingerprint density at radius 3 is 1.89 bits per heavy atom. The molecule has 1 unspecified atom stereocenters. The number of hydrogen-bond acceptors (Lipinski definition) is 3. The van der Waals surface area contributed by atoms with Crippen LogP contribution in [0.2, 0.25) is 31.2 Å². The van der Waals surface area contributed by atoms with Gasteiger partial charge in [0.15, 0.2) is 8.32 Å². The average molecular weight is 303 g/mol. The smallest absolute Gasteiger partial charge is 0.333 e. The lowest BCUT2D eigenvalue weighted by atomic mass is 10.2. The minimum Gasteiger partial charge on any atom is -0.460 e. The highest BCUT2D eigenvalue weighted by molar-refractivity contribution is 6.86. The second-order valence-corrected chi connectivity index (χ2v) is 16.7. The molecule has 3 nitrogen and oxygen atoms in total. The monoisotopic (exact) mass is 302 g/mol. The standard InChI is InChI=1S/C14H30O3Si2/c1-11(2)13(15)16-12(3)18(7,8)17-19(9,10)14(4,5)6/h12H,1H2,2-10H3. The third-order valence-corrected chi connectivity index (χ3v) is 13.8. The Kier molecular flexibility index (Phi) is 5.81. The number of carbonyl (C=O) groups excluding carboxylic acids is 1. The zero-order valence-electron chi connectivity index (χ0n) is 14.0. The molecule has 0 aliphatic heterocycles. The Morgan fingerprint density at radius 1 is 1.16 bits per heavy atom. The van der Waals surface area contributed by atoms with Crippen molar-refractivity contribution in [2.24, 2.45) is 0 Å². The van der Waals surface area contributed by atoms with Crippen molar-refractivity contribution in [1.82, 2.24) is 0 Å².